The lowest BCUT2D eigenvalue weighted by Crippen LogP contribution is -2.47. The van der Waals surface area contributed by atoms with Gasteiger partial charge in [-0.2, -0.15) is 0 Å². The van der Waals surface area contributed by atoms with Gasteiger partial charge in [-0.15, -0.1) is 0 Å². The molecule has 28 heavy (non-hydrogen) atoms. The summed E-state index contributed by atoms with van der Waals surface area (Å²) in [5.74, 6) is 1.31. The highest BCUT2D eigenvalue weighted by atomic mass is 16.5. The van der Waals surface area contributed by atoms with Crippen LogP contribution in [0.2, 0.25) is 0 Å². The van der Waals surface area contributed by atoms with Crippen LogP contribution in [0.1, 0.15) is 44.6 Å². The van der Waals surface area contributed by atoms with Crippen molar-refractivity contribution >= 4 is 16.9 Å². The Morgan fingerprint density at radius 2 is 2.21 bits per heavy atom. The highest BCUT2D eigenvalue weighted by Crippen LogP contribution is 2.37. The van der Waals surface area contributed by atoms with Gasteiger partial charge in [0.15, 0.2) is 0 Å². The Bertz CT molecular complexity index is 864. The van der Waals surface area contributed by atoms with Crippen LogP contribution >= 0.6 is 0 Å². The Hall–Kier alpha value is -2.41. The number of aromatic nitrogens is 3. The first-order valence-electron chi connectivity index (χ1n) is 10.1. The molecule has 2 unspecified atom stereocenters. The van der Waals surface area contributed by atoms with E-state index in [9.17, 15) is 4.79 Å². The molecular formula is C21H28N4O3. The van der Waals surface area contributed by atoms with Gasteiger partial charge in [0.2, 0.25) is 11.8 Å². The number of fused-ring (bicyclic) bond motifs is 1. The van der Waals surface area contributed by atoms with Crippen LogP contribution in [0, 0.1) is 5.92 Å². The number of ether oxygens (including phenoxy) is 2. The SMILES string of the molecule is C=CC(=O)N1C[C@@H](C)C[C@@H](Oc2ncnc3[nH]cc(C4CCOC(C)C4)c23)C1. The van der Waals surface area contributed by atoms with Gasteiger partial charge in [-0.1, -0.05) is 13.5 Å². The van der Waals surface area contributed by atoms with Gasteiger partial charge in [-0.3, -0.25) is 4.79 Å². The number of nitrogens with zero attached hydrogens (tertiary/aromatic N) is 3. The van der Waals surface area contributed by atoms with E-state index < -0.39 is 0 Å². The molecule has 2 aliphatic rings. The molecule has 0 aromatic carbocycles. The number of carbonyl (C=O) groups is 1. The number of amides is 1. The summed E-state index contributed by atoms with van der Waals surface area (Å²) in [6, 6.07) is 0. The van der Waals surface area contributed by atoms with Crippen molar-refractivity contribution in [3.8, 4) is 5.88 Å². The molecule has 0 spiro atoms. The number of likely N-dealkylation sites (tertiary alicyclic amines) is 1. The van der Waals surface area contributed by atoms with Gasteiger partial charge in [0.05, 0.1) is 18.0 Å². The summed E-state index contributed by atoms with van der Waals surface area (Å²) < 4.78 is 12.1. The smallest absolute Gasteiger partial charge is 0.246 e. The van der Waals surface area contributed by atoms with Crippen LogP contribution in [0.3, 0.4) is 0 Å². The van der Waals surface area contributed by atoms with Gasteiger partial charge >= 0.3 is 0 Å². The summed E-state index contributed by atoms with van der Waals surface area (Å²) in [6.07, 6.45) is 7.93. The Morgan fingerprint density at radius 3 is 3.00 bits per heavy atom. The molecule has 0 aliphatic carbocycles. The molecule has 0 radical (unpaired) electrons. The third kappa shape index (κ3) is 3.76. The molecule has 7 heteroatoms. The molecule has 2 aromatic rings. The van der Waals surface area contributed by atoms with Crippen molar-refractivity contribution in [3.63, 3.8) is 0 Å². The number of piperidine rings is 1. The molecule has 2 aromatic heterocycles. The molecule has 1 N–H and O–H groups in total. The van der Waals surface area contributed by atoms with E-state index in [-0.39, 0.29) is 18.1 Å². The number of hydrogen-bond donors (Lipinski definition) is 1. The quantitative estimate of drug-likeness (QED) is 0.820. The zero-order valence-corrected chi connectivity index (χ0v) is 16.6. The molecular weight excluding hydrogens is 356 g/mol. The van der Waals surface area contributed by atoms with Crippen LogP contribution in [0.4, 0.5) is 0 Å². The second kappa shape index (κ2) is 7.91. The molecule has 0 saturated carbocycles. The van der Waals surface area contributed by atoms with E-state index in [2.05, 4.69) is 35.4 Å². The molecule has 2 saturated heterocycles. The summed E-state index contributed by atoms with van der Waals surface area (Å²) in [5.41, 5.74) is 1.99. The normalized spacial score (nSPS) is 28.3. The first kappa shape index (κ1) is 18.9. The molecule has 2 aliphatic heterocycles. The third-order valence-corrected chi connectivity index (χ3v) is 5.78. The minimum Gasteiger partial charge on any atom is -0.472 e. The molecule has 150 valence electrons. The van der Waals surface area contributed by atoms with Gasteiger partial charge in [-0.05, 0) is 49.7 Å². The lowest BCUT2D eigenvalue weighted by Gasteiger charge is -2.35. The van der Waals surface area contributed by atoms with E-state index in [1.165, 1.54) is 18.0 Å². The highest BCUT2D eigenvalue weighted by molar-refractivity contribution is 5.87. The van der Waals surface area contributed by atoms with E-state index in [0.717, 1.165) is 43.4 Å². The predicted molar refractivity (Wildman–Crippen MR) is 106 cm³/mol. The maximum atomic E-state index is 12.1. The first-order chi connectivity index (χ1) is 13.5. The van der Waals surface area contributed by atoms with Crippen molar-refractivity contribution in [1.29, 1.82) is 0 Å². The Balaban J connectivity index is 1.61. The standard InChI is InChI=1S/C21H28N4O3/c1-4-18(26)25-10-13(2)7-16(11-25)28-21-19-17(9-22-20(19)23-12-24-21)15-5-6-27-14(3)8-15/h4,9,12-16H,1,5-8,10-11H2,2-3H3,(H,22,23,24)/t13-,14?,15?,16+/m0/s1. The van der Waals surface area contributed by atoms with Crippen LogP contribution in [0.25, 0.3) is 11.0 Å². The summed E-state index contributed by atoms with van der Waals surface area (Å²) in [4.78, 5) is 26.0. The molecule has 7 nitrogen and oxygen atoms in total. The van der Waals surface area contributed by atoms with Crippen LogP contribution in [-0.2, 0) is 9.53 Å². The number of nitrogens with one attached hydrogen (secondary N) is 1. The van der Waals surface area contributed by atoms with Gasteiger partial charge in [0, 0.05) is 19.3 Å². The fourth-order valence-corrected chi connectivity index (χ4v) is 4.50. The van der Waals surface area contributed by atoms with Crippen LogP contribution in [0.15, 0.2) is 25.2 Å². The minimum absolute atomic E-state index is 0.0495. The zero-order chi connectivity index (χ0) is 19.7. The zero-order valence-electron chi connectivity index (χ0n) is 16.6. The van der Waals surface area contributed by atoms with Crippen LogP contribution in [-0.4, -0.2) is 57.7 Å². The molecule has 4 heterocycles. The van der Waals surface area contributed by atoms with Crippen molar-refractivity contribution in [2.75, 3.05) is 19.7 Å². The van der Waals surface area contributed by atoms with E-state index in [4.69, 9.17) is 9.47 Å². The molecule has 4 atom stereocenters. The number of carbonyl (C=O) groups excluding carboxylic acids is 1. The summed E-state index contributed by atoms with van der Waals surface area (Å²) in [6.45, 7) is 9.91. The van der Waals surface area contributed by atoms with Gasteiger partial charge in [-0.25, -0.2) is 9.97 Å². The van der Waals surface area contributed by atoms with E-state index in [0.29, 0.717) is 24.3 Å². The van der Waals surface area contributed by atoms with E-state index in [1.807, 2.05) is 11.1 Å². The summed E-state index contributed by atoms with van der Waals surface area (Å²) in [5, 5.41) is 0.960. The van der Waals surface area contributed by atoms with Crippen molar-refractivity contribution in [2.45, 2.75) is 51.2 Å². The van der Waals surface area contributed by atoms with E-state index >= 15 is 0 Å². The Kier molecular flexibility index (Phi) is 5.35. The lowest BCUT2D eigenvalue weighted by molar-refractivity contribution is -0.129. The number of rotatable bonds is 4. The summed E-state index contributed by atoms with van der Waals surface area (Å²) >= 11 is 0. The van der Waals surface area contributed by atoms with Gasteiger partial charge in [0.25, 0.3) is 0 Å². The molecule has 0 bridgehead atoms. The number of hydrogen-bond acceptors (Lipinski definition) is 5. The minimum atomic E-state index is -0.0953. The maximum absolute atomic E-state index is 12.1. The Morgan fingerprint density at radius 1 is 1.36 bits per heavy atom. The fraction of sp³-hybridized carbons (Fsp3) is 0.571. The summed E-state index contributed by atoms with van der Waals surface area (Å²) in [7, 11) is 0. The predicted octanol–water partition coefficient (Wildman–Crippen LogP) is 3.04. The maximum Gasteiger partial charge on any atom is 0.246 e. The van der Waals surface area contributed by atoms with Crippen LogP contribution in [0.5, 0.6) is 5.88 Å². The monoisotopic (exact) mass is 384 g/mol. The van der Waals surface area contributed by atoms with Gasteiger partial charge in [0.1, 0.15) is 18.1 Å². The Labute approximate surface area is 165 Å². The second-order valence-electron chi connectivity index (χ2n) is 8.08. The van der Waals surface area contributed by atoms with Crippen molar-refractivity contribution in [1.82, 2.24) is 19.9 Å². The topological polar surface area (TPSA) is 80.3 Å². The average Bonchev–Trinajstić information content (AvgIpc) is 3.12. The van der Waals surface area contributed by atoms with Gasteiger partial charge < -0.3 is 19.4 Å². The second-order valence-corrected chi connectivity index (χ2v) is 8.08. The molecule has 4 rings (SSSR count). The van der Waals surface area contributed by atoms with E-state index in [1.54, 1.807) is 0 Å². The largest absolute Gasteiger partial charge is 0.472 e. The number of H-pyrrole nitrogens is 1. The lowest BCUT2D eigenvalue weighted by atomic mass is 9.89. The molecule has 2 fully saturated rings. The molecule has 1 amide bonds. The van der Waals surface area contributed by atoms with Crippen LogP contribution < -0.4 is 4.74 Å². The van der Waals surface area contributed by atoms with Crippen molar-refractivity contribution < 1.29 is 14.3 Å². The first-order valence-corrected chi connectivity index (χ1v) is 10.1. The third-order valence-electron chi connectivity index (χ3n) is 5.78. The fourth-order valence-electron chi connectivity index (χ4n) is 4.50. The highest BCUT2D eigenvalue weighted by Gasteiger charge is 2.30. The van der Waals surface area contributed by atoms with Crippen molar-refractivity contribution in [2.24, 2.45) is 5.92 Å². The average molecular weight is 384 g/mol. The number of aromatic amines is 1. The van der Waals surface area contributed by atoms with Crippen molar-refractivity contribution in [3.05, 3.63) is 30.7 Å².